The zero-order valence-electron chi connectivity index (χ0n) is 9.87. The van der Waals surface area contributed by atoms with Gasteiger partial charge in [-0.05, 0) is 41.3 Å². The molecule has 0 N–H and O–H groups in total. The monoisotopic (exact) mass is 259 g/mol. The van der Waals surface area contributed by atoms with Gasteiger partial charge in [0.1, 0.15) is 5.82 Å². The third kappa shape index (κ3) is 2.52. The van der Waals surface area contributed by atoms with Crippen LogP contribution in [0.3, 0.4) is 0 Å². The van der Waals surface area contributed by atoms with Gasteiger partial charge in [0.25, 0.3) is 0 Å². The van der Waals surface area contributed by atoms with Crippen molar-refractivity contribution in [3.05, 3.63) is 58.4 Å². The van der Waals surface area contributed by atoms with Gasteiger partial charge >= 0.3 is 0 Å². The van der Waals surface area contributed by atoms with Crippen LogP contribution in [0.4, 0.5) is 4.39 Å². The van der Waals surface area contributed by atoms with Crippen molar-refractivity contribution >= 4 is 11.6 Å². The number of aryl methyl sites for hydroxylation is 1. The first kappa shape index (κ1) is 12.6. The predicted octanol–water partition coefficient (Wildman–Crippen LogP) is 4.52. The van der Waals surface area contributed by atoms with Gasteiger partial charge in [-0.1, -0.05) is 35.9 Å². The molecule has 2 aromatic carbocycles. The molecule has 0 fully saturated rings. The minimum absolute atomic E-state index is 0.117. The molecule has 2 aromatic rings. The molecular weight excluding hydrogens is 249 g/mol. The van der Waals surface area contributed by atoms with Crippen LogP contribution in [0.2, 0.25) is 5.02 Å². The van der Waals surface area contributed by atoms with E-state index in [9.17, 15) is 4.39 Å². The number of hydrogen-bond donors (Lipinski definition) is 0. The van der Waals surface area contributed by atoms with Crippen molar-refractivity contribution in [2.75, 3.05) is 0 Å². The summed E-state index contributed by atoms with van der Waals surface area (Å²) in [5.41, 5.74) is 3.90. The summed E-state index contributed by atoms with van der Waals surface area (Å²) in [6.07, 6.45) is 0.399. The maximum Gasteiger partial charge on any atom is 0.141 e. The van der Waals surface area contributed by atoms with Crippen LogP contribution in [-0.4, -0.2) is 0 Å². The molecule has 0 amide bonds. The zero-order valence-corrected chi connectivity index (χ0v) is 10.6. The molecule has 0 aliphatic heterocycles. The van der Waals surface area contributed by atoms with Crippen molar-refractivity contribution in [1.29, 1.82) is 5.26 Å². The van der Waals surface area contributed by atoms with Gasteiger partial charge in [0, 0.05) is 0 Å². The molecule has 0 radical (unpaired) electrons. The largest absolute Gasteiger partial charge is 0.205 e. The van der Waals surface area contributed by atoms with E-state index in [2.05, 4.69) is 6.07 Å². The Morgan fingerprint density at radius 1 is 1.17 bits per heavy atom. The number of nitrogens with zero attached hydrogens (tertiary/aromatic N) is 1. The SMILES string of the molecule is Cc1cc(-c2ccc(F)c(Cl)c2)ccc1CC#N. The van der Waals surface area contributed by atoms with Crippen LogP contribution < -0.4 is 0 Å². The summed E-state index contributed by atoms with van der Waals surface area (Å²) in [6.45, 7) is 1.96. The van der Waals surface area contributed by atoms with Crippen LogP contribution in [0.1, 0.15) is 11.1 Å². The first-order chi connectivity index (χ1) is 8.61. The standard InChI is InChI=1S/C15H11ClFN/c1-10-8-12(3-2-11(10)6-7-18)13-4-5-15(17)14(16)9-13/h2-5,8-9H,6H2,1H3. The van der Waals surface area contributed by atoms with E-state index in [1.54, 1.807) is 12.1 Å². The van der Waals surface area contributed by atoms with Gasteiger partial charge in [0.05, 0.1) is 17.5 Å². The summed E-state index contributed by atoms with van der Waals surface area (Å²) in [6, 6.07) is 12.6. The number of hydrogen-bond acceptors (Lipinski definition) is 1. The molecule has 1 nitrogen and oxygen atoms in total. The smallest absolute Gasteiger partial charge is 0.141 e. The Hall–Kier alpha value is -1.85. The second-order valence-electron chi connectivity index (χ2n) is 4.11. The van der Waals surface area contributed by atoms with Crippen LogP contribution >= 0.6 is 11.6 Å². The Balaban J connectivity index is 2.43. The van der Waals surface area contributed by atoms with Crippen LogP contribution in [0.25, 0.3) is 11.1 Å². The average molecular weight is 260 g/mol. The Bertz CT molecular complexity index is 629. The molecule has 0 saturated carbocycles. The van der Waals surface area contributed by atoms with Crippen molar-refractivity contribution in [3.8, 4) is 17.2 Å². The third-order valence-electron chi connectivity index (χ3n) is 2.87. The lowest BCUT2D eigenvalue weighted by molar-refractivity contribution is 0.628. The fourth-order valence-corrected chi connectivity index (χ4v) is 2.02. The van der Waals surface area contributed by atoms with E-state index < -0.39 is 5.82 Å². The maximum atomic E-state index is 13.1. The molecule has 18 heavy (non-hydrogen) atoms. The second-order valence-corrected chi connectivity index (χ2v) is 4.51. The van der Waals surface area contributed by atoms with E-state index in [-0.39, 0.29) is 5.02 Å². The van der Waals surface area contributed by atoms with Crippen molar-refractivity contribution < 1.29 is 4.39 Å². The highest BCUT2D eigenvalue weighted by Crippen LogP contribution is 2.26. The van der Waals surface area contributed by atoms with Crippen molar-refractivity contribution in [2.45, 2.75) is 13.3 Å². The van der Waals surface area contributed by atoms with Crippen LogP contribution in [0, 0.1) is 24.1 Å². The third-order valence-corrected chi connectivity index (χ3v) is 3.15. The normalized spacial score (nSPS) is 10.1. The van der Waals surface area contributed by atoms with E-state index in [1.807, 2.05) is 25.1 Å². The van der Waals surface area contributed by atoms with Gasteiger partial charge in [0.15, 0.2) is 0 Å². The van der Waals surface area contributed by atoms with Crippen molar-refractivity contribution in [3.63, 3.8) is 0 Å². The summed E-state index contributed by atoms with van der Waals surface area (Å²) < 4.78 is 13.1. The molecule has 0 saturated heterocycles. The lowest BCUT2D eigenvalue weighted by Crippen LogP contribution is -1.89. The van der Waals surface area contributed by atoms with Crippen molar-refractivity contribution in [1.82, 2.24) is 0 Å². The lowest BCUT2D eigenvalue weighted by atomic mass is 9.99. The van der Waals surface area contributed by atoms with Crippen LogP contribution in [-0.2, 0) is 6.42 Å². The second kappa shape index (κ2) is 5.20. The van der Waals surface area contributed by atoms with Crippen LogP contribution in [0.5, 0.6) is 0 Å². The Morgan fingerprint density at radius 2 is 1.83 bits per heavy atom. The van der Waals surface area contributed by atoms with E-state index in [4.69, 9.17) is 16.9 Å². The quantitative estimate of drug-likeness (QED) is 0.778. The molecule has 90 valence electrons. The number of nitriles is 1. The fraction of sp³-hybridized carbons (Fsp3) is 0.133. The highest BCUT2D eigenvalue weighted by molar-refractivity contribution is 6.31. The molecule has 0 unspecified atom stereocenters. The summed E-state index contributed by atoms with van der Waals surface area (Å²) >= 11 is 5.77. The van der Waals surface area contributed by atoms with E-state index in [0.29, 0.717) is 6.42 Å². The molecule has 0 atom stereocenters. The maximum absolute atomic E-state index is 13.1. The molecule has 0 bridgehead atoms. The van der Waals surface area contributed by atoms with Gasteiger partial charge in [-0.3, -0.25) is 0 Å². The molecule has 2 rings (SSSR count). The van der Waals surface area contributed by atoms with E-state index in [0.717, 1.165) is 22.3 Å². The topological polar surface area (TPSA) is 23.8 Å². The van der Waals surface area contributed by atoms with E-state index in [1.165, 1.54) is 6.07 Å². The predicted molar refractivity (Wildman–Crippen MR) is 70.9 cm³/mol. The Kier molecular flexibility index (Phi) is 3.64. The fourth-order valence-electron chi connectivity index (χ4n) is 1.83. The van der Waals surface area contributed by atoms with Crippen LogP contribution in [0.15, 0.2) is 36.4 Å². The van der Waals surface area contributed by atoms with Gasteiger partial charge in [0.2, 0.25) is 0 Å². The molecular formula is C15H11ClFN. The summed E-state index contributed by atoms with van der Waals surface area (Å²) in [7, 11) is 0. The molecule has 0 aliphatic carbocycles. The number of rotatable bonds is 2. The molecule has 0 heterocycles. The molecule has 0 aliphatic rings. The van der Waals surface area contributed by atoms with Gasteiger partial charge in [-0.15, -0.1) is 0 Å². The van der Waals surface area contributed by atoms with Crippen molar-refractivity contribution in [2.24, 2.45) is 0 Å². The highest BCUT2D eigenvalue weighted by atomic mass is 35.5. The summed E-state index contributed by atoms with van der Waals surface area (Å²) in [4.78, 5) is 0. The first-order valence-electron chi connectivity index (χ1n) is 5.53. The average Bonchev–Trinajstić information content (AvgIpc) is 2.35. The molecule has 0 spiro atoms. The summed E-state index contributed by atoms with van der Waals surface area (Å²) in [5, 5.41) is 8.81. The van der Waals surface area contributed by atoms with Gasteiger partial charge < -0.3 is 0 Å². The minimum atomic E-state index is -0.418. The number of halogens is 2. The van der Waals surface area contributed by atoms with Gasteiger partial charge in [-0.2, -0.15) is 5.26 Å². The Morgan fingerprint density at radius 3 is 2.44 bits per heavy atom. The number of benzene rings is 2. The molecule has 3 heteroatoms. The van der Waals surface area contributed by atoms with E-state index >= 15 is 0 Å². The Labute approximate surface area is 110 Å². The molecule has 0 aromatic heterocycles. The lowest BCUT2D eigenvalue weighted by Gasteiger charge is -2.07. The summed E-state index contributed by atoms with van der Waals surface area (Å²) in [5.74, 6) is -0.418. The highest BCUT2D eigenvalue weighted by Gasteiger charge is 2.05. The zero-order chi connectivity index (χ0) is 13.1. The minimum Gasteiger partial charge on any atom is -0.205 e. The van der Waals surface area contributed by atoms with Gasteiger partial charge in [-0.25, -0.2) is 4.39 Å². The first-order valence-corrected chi connectivity index (χ1v) is 5.91.